The lowest BCUT2D eigenvalue weighted by molar-refractivity contribution is 0.1000. The number of ether oxygens (including phenoxy) is 1. The number of carbonyl (C=O) groups is 2. The molecule has 0 aliphatic heterocycles. The number of aryl methyl sites for hydroxylation is 1. The number of rotatable bonds is 6. The molecule has 3 N–H and O–H groups in total. The van der Waals surface area contributed by atoms with E-state index in [1.54, 1.807) is 12.1 Å². The van der Waals surface area contributed by atoms with Crippen LogP contribution in [-0.4, -0.2) is 22.5 Å². The molecule has 2 amide bonds. The van der Waals surface area contributed by atoms with Gasteiger partial charge in [0.2, 0.25) is 5.91 Å². The summed E-state index contributed by atoms with van der Waals surface area (Å²) in [6, 6.07) is 13.5. The van der Waals surface area contributed by atoms with E-state index in [-0.39, 0.29) is 6.61 Å². The van der Waals surface area contributed by atoms with Crippen molar-refractivity contribution >= 4 is 22.9 Å². The lowest BCUT2D eigenvalue weighted by Gasteiger charge is -2.22. The smallest absolute Gasteiger partial charge is 0.407 e. The molecule has 3 rings (SSSR count). The molecule has 0 saturated heterocycles. The van der Waals surface area contributed by atoms with Crippen molar-refractivity contribution in [3.63, 3.8) is 0 Å². The van der Waals surface area contributed by atoms with Gasteiger partial charge in [-0.05, 0) is 69.4 Å². The Labute approximate surface area is 195 Å². The summed E-state index contributed by atoms with van der Waals surface area (Å²) >= 11 is 0. The minimum absolute atomic E-state index is 0.0664. The molecule has 1 heterocycles. The Morgan fingerprint density at radius 1 is 1.09 bits per heavy atom. The van der Waals surface area contributed by atoms with Gasteiger partial charge < -0.3 is 15.8 Å². The second-order valence-corrected chi connectivity index (χ2v) is 9.92. The predicted octanol–water partition coefficient (Wildman–Crippen LogP) is 5.53. The predicted molar refractivity (Wildman–Crippen MR) is 132 cm³/mol. The summed E-state index contributed by atoms with van der Waals surface area (Å²) in [5.74, 6) is -0.145. The van der Waals surface area contributed by atoms with Gasteiger partial charge in [0, 0.05) is 27.7 Å². The Hall–Kier alpha value is -3.41. The minimum Gasteiger partial charge on any atom is -0.445 e. The number of aromatic nitrogens is 1. The molecule has 6 nitrogen and oxygen atoms in total. The SMILES string of the molecule is Cc1ccc(-c2c(COC(=O)NC(C)(C)C)c(CC(C)C)nc3ccc(C(N)=O)cc23)cc1. The fraction of sp³-hybridized carbons (Fsp3) is 0.370. The third kappa shape index (κ3) is 6.09. The number of hydrogen-bond donors (Lipinski definition) is 2. The Balaban J connectivity index is 2.24. The molecule has 0 fully saturated rings. The number of hydrogen-bond acceptors (Lipinski definition) is 4. The number of nitrogens with two attached hydrogens (primary N) is 1. The van der Waals surface area contributed by atoms with Crippen molar-refractivity contribution in [2.45, 2.75) is 60.1 Å². The highest BCUT2D eigenvalue weighted by Crippen LogP contribution is 2.35. The van der Waals surface area contributed by atoms with E-state index in [0.717, 1.165) is 45.3 Å². The summed E-state index contributed by atoms with van der Waals surface area (Å²) < 4.78 is 5.66. The van der Waals surface area contributed by atoms with Gasteiger partial charge in [-0.1, -0.05) is 43.7 Å². The highest BCUT2D eigenvalue weighted by Gasteiger charge is 2.21. The second kappa shape index (κ2) is 9.61. The molecule has 33 heavy (non-hydrogen) atoms. The zero-order valence-electron chi connectivity index (χ0n) is 20.3. The molecule has 0 aliphatic rings. The molecule has 3 aromatic rings. The zero-order valence-corrected chi connectivity index (χ0v) is 20.3. The van der Waals surface area contributed by atoms with Crippen LogP contribution in [0.4, 0.5) is 4.79 Å². The summed E-state index contributed by atoms with van der Waals surface area (Å²) in [5, 5.41) is 3.64. The number of pyridine rings is 1. The van der Waals surface area contributed by atoms with Crippen molar-refractivity contribution < 1.29 is 14.3 Å². The Bertz CT molecular complexity index is 1180. The van der Waals surface area contributed by atoms with Gasteiger partial charge >= 0.3 is 6.09 Å². The van der Waals surface area contributed by atoms with Gasteiger partial charge in [-0.25, -0.2) is 4.79 Å². The standard InChI is InChI=1S/C27H33N3O3/c1-16(2)13-23-21(15-33-26(32)30-27(4,5)6)24(18-9-7-17(3)8-10-18)20-14-19(25(28)31)11-12-22(20)29-23/h7-12,14,16H,13,15H2,1-6H3,(H2,28,31)(H,30,32). The van der Waals surface area contributed by atoms with Crippen LogP contribution in [0.2, 0.25) is 0 Å². The molecule has 0 aliphatic carbocycles. The van der Waals surface area contributed by atoms with Gasteiger partial charge in [-0.15, -0.1) is 0 Å². The highest BCUT2D eigenvalue weighted by molar-refractivity contribution is 6.02. The maximum Gasteiger partial charge on any atom is 0.407 e. The third-order valence-electron chi connectivity index (χ3n) is 5.22. The van der Waals surface area contributed by atoms with E-state index in [4.69, 9.17) is 15.5 Å². The first kappa shape index (κ1) is 24.2. The van der Waals surface area contributed by atoms with Crippen molar-refractivity contribution in [1.29, 1.82) is 0 Å². The fourth-order valence-electron chi connectivity index (χ4n) is 3.75. The lowest BCUT2D eigenvalue weighted by Crippen LogP contribution is -2.40. The molecule has 174 valence electrons. The van der Waals surface area contributed by atoms with Gasteiger partial charge in [0.05, 0.1) is 5.52 Å². The lowest BCUT2D eigenvalue weighted by atomic mass is 9.91. The van der Waals surface area contributed by atoms with Crippen LogP contribution in [0.1, 0.15) is 61.8 Å². The quantitative estimate of drug-likeness (QED) is 0.519. The van der Waals surface area contributed by atoms with Crippen LogP contribution in [0.25, 0.3) is 22.0 Å². The van der Waals surface area contributed by atoms with Crippen LogP contribution in [0.3, 0.4) is 0 Å². The van der Waals surface area contributed by atoms with Crippen molar-refractivity contribution in [2.75, 3.05) is 0 Å². The van der Waals surface area contributed by atoms with Crippen LogP contribution in [-0.2, 0) is 17.8 Å². The summed E-state index contributed by atoms with van der Waals surface area (Å²) in [6.07, 6.45) is 0.241. The van der Waals surface area contributed by atoms with Crippen LogP contribution in [0.5, 0.6) is 0 Å². The second-order valence-electron chi connectivity index (χ2n) is 9.92. The number of fused-ring (bicyclic) bond motifs is 1. The number of primary amides is 1. The molecule has 0 spiro atoms. The monoisotopic (exact) mass is 447 g/mol. The Morgan fingerprint density at radius 3 is 2.33 bits per heavy atom. The average molecular weight is 448 g/mol. The zero-order chi connectivity index (χ0) is 24.3. The maximum atomic E-state index is 12.5. The van der Waals surface area contributed by atoms with Gasteiger partial charge in [-0.2, -0.15) is 0 Å². The van der Waals surface area contributed by atoms with Gasteiger partial charge in [-0.3, -0.25) is 9.78 Å². The molecule has 6 heteroatoms. The van der Waals surface area contributed by atoms with Crippen LogP contribution in [0.15, 0.2) is 42.5 Å². The normalized spacial score (nSPS) is 11.6. The van der Waals surface area contributed by atoms with Gasteiger partial charge in [0.1, 0.15) is 6.61 Å². The molecule has 1 aromatic heterocycles. The Kier molecular flexibility index (Phi) is 7.06. The number of carbonyl (C=O) groups excluding carboxylic acids is 2. The van der Waals surface area contributed by atoms with E-state index in [0.29, 0.717) is 11.5 Å². The summed E-state index contributed by atoms with van der Waals surface area (Å²) in [6.45, 7) is 12.1. The Morgan fingerprint density at radius 2 is 1.76 bits per heavy atom. The summed E-state index contributed by atoms with van der Waals surface area (Å²) in [4.78, 5) is 29.3. The van der Waals surface area contributed by atoms with E-state index in [9.17, 15) is 9.59 Å². The molecule has 0 saturated carbocycles. The largest absolute Gasteiger partial charge is 0.445 e. The molecular weight excluding hydrogens is 414 g/mol. The first-order chi connectivity index (χ1) is 15.4. The van der Waals surface area contributed by atoms with Crippen molar-refractivity contribution in [3.05, 3.63) is 64.8 Å². The summed E-state index contributed by atoms with van der Waals surface area (Å²) in [7, 11) is 0. The highest BCUT2D eigenvalue weighted by atomic mass is 16.5. The van der Waals surface area contributed by atoms with Gasteiger partial charge in [0.25, 0.3) is 0 Å². The topological polar surface area (TPSA) is 94.3 Å². The van der Waals surface area contributed by atoms with E-state index in [1.807, 2.05) is 58.0 Å². The number of amides is 2. The molecule has 0 bridgehead atoms. The molecule has 2 aromatic carbocycles. The summed E-state index contributed by atoms with van der Waals surface area (Å²) in [5.41, 5.74) is 11.1. The third-order valence-corrected chi connectivity index (χ3v) is 5.22. The minimum atomic E-state index is -0.500. The van der Waals surface area contributed by atoms with Crippen LogP contribution >= 0.6 is 0 Å². The van der Waals surface area contributed by atoms with E-state index >= 15 is 0 Å². The van der Waals surface area contributed by atoms with Crippen molar-refractivity contribution in [2.24, 2.45) is 11.7 Å². The first-order valence-corrected chi connectivity index (χ1v) is 11.2. The number of nitrogens with one attached hydrogen (secondary N) is 1. The van der Waals surface area contributed by atoms with E-state index in [1.165, 1.54) is 0 Å². The van der Waals surface area contributed by atoms with Gasteiger partial charge in [0.15, 0.2) is 0 Å². The van der Waals surface area contributed by atoms with Crippen molar-refractivity contribution in [1.82, 2.24) is 10.3 Å². The number of benzene rings is 2. The fourth-order valence-corrected chi connectivity index (χ4v) is 3.75. The van der Waals surface area contributed by atoms with Crippen LogP contribution < -0.4 is 11.1 Å². The molecule has 0 unspecified atom stereocenters. The molecule has 0 atom stereocenters. The number of alkyl carbamates (subject to hydrolysis) is 1. The van der Waals surface area contributed by atoms with E-state index < -0.39 is 17.5 Å². The average Bonchev–Trinajstić information content (AvgIpc) is 2.70. The number of nitrogens with zero attached hydrogens (tertiary/aromatic N) is 1. The maximum absolute atomic E-state index is 12.5. The van der Waals surface area contributed by atoms with Crippen molar-refractivity contribution in [3.8, 4) is 11.1 Å². The molecule has 0 radical (unpaired) electrons. The van der Waals surface area contributed by atoms with Crippen LogP contribution in [0, 0.1) is 12.8 Å². The first-order valence-electron chi connectivity index (χ1n) is 11.2. The van der Waals surface area contributed by atoms with E-state index in [2.05, 4.69) is 19.2 Å². The molecular formula is C27H33N3O3.